The molecule has 2 N–H and O–H groups in total. The maximum atomic E-state index is 12.9. The van der Waals surface area contributed by atoms with Crippen molar-refractivity contribution in [3.63, 3.8) is 0 Å². The Bertz CT molecular complexity index is 1240. The van der Waals surface area contributed by atoms with Gasteiger partial charge in [0.25, 0.3) is 5.91 Å². The van der Waals surface area contributed by atoms with Crippen LogP contribution in [0.25, 0.3) is 11.0 Å². The summed E-state index contributed by atoms with van der Waals surface area (Å²) in [4.78, 5) is 31.1. The van der Waals surface area contributed by atoms with E-state index < -0.39 is 0 Å². The van der Waals surface area contributed by atoms with E-state index in [4.69, 9.17) is 4.98 Å². The second kappa shape index (κ2) is 9.44. The molecule has 36 heavy (non-hydrogen) atoms. The average Bonchev–Trinajstić information content (AvgIpc) is 3.45. The first-order chi connectivity index (χ1) is 17.5. The van der Waals surface area contributed by atoms with Gasteiger partial charge in [-0.1, -0.05) is 18.9 Å². The van der Waals surface area contributed by atoms with Crippen molar-refractivity contribution in [1.82, 2.24) is 34.6 Å². The lowest BCUT2D eigenvalue weighted by Gasteiger charge is -2.47. The molecule has 9 nitrogen and oxygen atoms in total. The molecular weight excluding hydrogens is 452 g/mol. The predicted molar refractivity (Wildman–Crippen MR) is 141 cm³/mol. The van der Waals surface area contributed by atoms with Gasteiger partial charge in [0.1, 0.15) is 17.2 Å². The Hall–Kier alpha value is -3.04. The van der Waals surface area contributed by atoms with Crippen molar-refractivity contribution in [2.45, 2.75) is 62.6 Å². The number of nitrogens with one attached hydrogen (secondary N) is 2. The number of rotatable bonds is 7. The quantitative estimate of drug-likeness (QED) is 0.526. The van der Waals surface area contributed by atoms with Crippen LogP contribution in [0.3, 0.4) is 0 Å². The fourth-order valence-corrected chi connectivity index (χ4v) is 5.88. The number of anilines is 2. The minimum atomic E-state index is 0.000412. The van der Waals surface area contributed by atoms with E-state index in [0.717, 1.165) is 42.8 Å². The van der Waals surface area contributed by atoms with Crippen LogP contribution in [-0.4, -0.2) is 81.5 Å². The SMILES string of the molecule is CN(C)C(=O)c1cc2cnc(Nc3ccc(C4CC(N(C)C5CNC5)C4)cn3)nc2n1C1CCCC1. The first kappa shape index (κ1) is 23.4. The van der Waals surface area contributed by atoms with E-state index in [1.807, 2.05) is 18.3 Å². The smallest absolute Gasteiger partial charge is 0.270 e. The molecule has 1 amide bonds. The van der Waals surface area contributed by atoms with E-state index in [1.54, 1.807) is 25.2 Å². The van der Waals surface area contributed by atoms with E-state index in [9.17, 15) is 4.79 Å². The van der Waals surface area contributed by atoms with Crippen LogP contribution >= 0.6 is 0 Å². The molecule has 4 heterocycles. The molecule has 0 atom stereocenters. The number of hydrogen-bond acceptors (Lipinski definition) is 7. The molecule has 3 aromatic heterocycles. The highest BCUT2D eigenvalue weighted by Crippen LogP contribution is 2.40. The summed E-state index contributed by atoms with van der Waals surface area (Å²) < 4.78 is 2.14. The van der Waals surface area contributed by atoms with Crippen molar-refractivity contribution in [2.24, 2.45) is 0 Å². The van der Waals surface area contributed by atoms with Crippen LogP contribution in [0.5, 0.6) is 0 Å². The molecule has 3 fully saturated rings. The highest BCUT2D eigenvalue weighted by Gasteiger charge is 2.37. The largest absolute Gasteiger partial charge is 0.343 e. The highest BCUT2D eigenvalue weighted by molar-refractivity contribution is 5.97. The van der Waals surface area contributed by atoms with Crippen LogP contribution in [0.1, 0.15) is 66.5 Å². The van der Waals surface area contributed by atoms with Gasteiger partial charge < -0.3 is 20.1 Å². The second-order valence-electron chi connectivity index (χ2n) is 10.9. The third kappa shape index (κ3) is 4.24. The highest BCUT2D eigenvalue weighted by atomic mass is 16.2. The number of likely N-dealkylation sites (N-methyl/N-ethyl adjacent to an activating group) is 1. The summed E-state index contributed by atoms with van der Waals surface area (Å²) in [5.74, 6) is 1.82. The summed E-state index contributed by atoms with van der Waals surface area (Å²) in [5.41, 5.74) is 2.80. The zero-order valence-corrected chi connectivity index (χ0v) is 21.4. The lowest BCUT2D eigenvalue weighted by Crippen LogP contribution is -2.60. The molecule has 2 aliphatic carbocycles. The Labute approximate surface area is 212 Å². The fourth-order valence-electron chi connectivity index (χ4n) is 5.88. The molecule has 0 radical (unpaired) electrons. The fraction of sp³-hybridized carbons (Fsp3) is 0.556. The van der Waals surface area contributed by atoms with Crippen molar-refractivity contribution >= 4 is 28.7 Å². The lowest BCUT2D eigenvalue weighted by atomic mass is 9.75. The third-order valence-electron chi connectivity index (χ3n) is 8.41. The molecule has 0 spiro atoms. The molecule has 3 aromatic rings. The van der Waals surface area contributed by atoms with E-state index in [0.29, 0.717) is 35.7 Å². The van der Waals surface area contributed by atoms with Gasteiger partial charge in [-0.05, 0) is 56.3 Å². The summed E-state index contributed by atoms with van der Waals surface area (Å²) in [5, 5.41) is 7.53. The molecule has 9 heteroatoms. The van der Waals surface area contributed by atoms with Gasteiger partial charge in [-0.25, -0.2) is 9.97 Å². The van der Waals surface area contributed by atoms with Crippen molar-refractivity contribution in [3.8, 4) is 0 Å². The molecule has 1 aliphatic heterocycles. The Morgan fingerprint density at radius 3 is 2.47 bits per heavy atom. The second-order valence-corrected chi connectivity index (χ2v) is 10.9. The van der Waals surface area contributed by atoms with Gasteiger partial charge in [-0.3, -0.25) is 9.69 Å². The summed E-state index contributed by atoms with van der Waals surface area (Å²) in [7, 11) is 5.85. The average molecular weight is 489 g/mol. The van der Waals surface area contributed by atoms with Gasteiger partial charge in [0.05, 0.1) is 0 Å². The number of nitrogens with zero attached hydrogens (tertiary/aromatic N) is 6. The van der Waals surface area contributed by atoms with Crippen molar-refractivity contribution in [2.75, 3.05) is 39.5 Å². The monoisotopic (exact) mass is 488 g/mol. The van der Waals surface area contributed by atoms with E-state index in [1.165, 1.54) is 31.2 Å². The Kier molecular flexibility index (Phi) is 6.13. The molecule has 6 rings (SSSR count). The number of pyridine rings is 1. The normalized spacial score (nSPS) is 22.6. The Balaban J connectivity index is 1.18. The standard InChI is InChI=1S/C27H36N8O/c1-33(2)26(36)23-12-19-14-30-27(32-25(19)35(23)20-6-4-5-7-20)31-24-9-8-17(13-29-24)18-10-21(11-18)34(3)22-15-28-16-22/h8-9,12-14,18,20-22,28H,4-7,10-11,15-16H2,1-3H3,(H,29,30,31,32). The lowest BCUT2D eigenvalue weighted by molar-refractivity contribution is 0.0672. The zero-order valence-electron chi connectivity index (χ0n) is 21.4. The Morgan fingerprint density at radius 1 is 1.06 bits per heavy atom. The van der Waals surface area contributed by atoms with Gasteiger partial charge in [0, 0.05) is 63.1 Å². The van der Waals surface area contributed by atoms with Gasteiger partial charge in [0.2, 0.25) is 5.95 Å². The molecule has 0 unspecified atom stereocenters. The predicted octanol–water partition coefficient (Wildman–Crippen LogP) is 3.54. The summed E-state index contributed by atoms with van der Waals surface area (Å²) in [6, 6.07) is 7.80. The first-order valence-corrected chi connectivity index (χ1v) is 13.2. The number of carbonyl (C=O) groups is 1. The first-order valence-electron chi connectivity index (χ1n) is 13.2. The van der Waals surface area contributed by atoms with Crippen LogP contribution in [0, 0.1) is 0 Å². The van der Waals surface area contributed by atoms with E-state index in [2.05, 4.69) is 43.2 Å². The zero-order chi connectivity index (χ0) is 24.8. The Morgan fingerprint density at radius 2 is 1.83 bits per heavy atom. The van der Waals surface area contributed by atoms with Gasteiger partial charge in [-0.2, -0.15) is 4.98 Å². The van der Waals surface area contributed by atoms with Crippen molar-refractivity contribution in [1.29, 1.82) is 0 Å². The van der Waals surface area contributed by atoms with Crippen LogP contribution in [0.15, 0.2) is 30.6 Å². The van der Waals surface area contributed by atoms with Gasteiger partial charge in [-0.15, -0.1) is 0 Å². The maximum absolute atomic E-state index is 12.9. The van der Waals surface area contributed by atoms with E-state index >= 15 is 0 Å². The van der Waals surface area contributed by atoms with Crippen LogP contribution in [-0.2, 0) is 0 Å². The molecule has 2 saturated carbocycles. The van der Waals surface area contributed by atoms with Crippen LogP contribution in [0.4, 0.5) is 11.8 Å². The number of carbonyl (C=O) groups excluding carboxylic acids is 1. The van der Waals surface area contributed by atoms with Crippen molar-refractivity contribution in [3.05, 3.63) is 41.9 Å². The molecule has 3 aliphatic rings. The summed E-state index contributed by atoms with van der Waals surface area (Å²) >= 11 is 0. The van der Waals surface area contributed by atoms with Crippen molar-refractivity contribution < 1.29 is 4.79 Å². The minimum Gasteiger partial charge on any atom is -0.343 e. The van der Waals surface area contributed by atoms with Crippen LogP contribution < -0.4 is 10.6 Å². The molecule has 1 saturated heterocycles. The molecular formula is C27H36N8O. The van der Waals surface area contributed by atoms with Gasteiger partial charge in [0.15, 0.2) is 0 Å². The molecule has 0 bridgehead atoms. The molecule has 0 aromatic carbocycles. The number of aromatic nitrogens is 4. The van der Waals surface area contributed by atoms with Gasteiger partial charge >= 0.3 is 0 Å². The minimum absolute atomic E-state index is 0.000412. The van der Waals surface area contributed by atoms with Crippen LogP contribution in [0.2, 0.25) is 0 Å². The maximum Gasteiger partial charge on any atom is 0.270 e. The van der Waals surface area contributed by atoms with E-state index in [-0.39, 0.29) is 5.91 Å². The molecule has 190 valence electrons. The number of fused-ring (bicyclic) bond motifs is 1. The summed E-state index contributed by atoms with van der Waals surface area (Å²) in [6.45, 7) is 2.23. The number of hydrogen-bond donors (Lipinski definition) is 2. The topological polar surface area (TPSA) is 91.2 Å². The summed E-state index contributed by atoms with van der Waals surface area (Å²) in [6.07, 6.45) is 10.7. The number of amides is 1. The third-order valence-corrected chi connectivity index (χ3v) is 8.41.